The van der Waals surface area contributed by atoms with Crippen LogP contribution in [0, 0.1) is 6.92 Å². The summed E-state index contributed by atoms with van der Waals surface area (Å²) in [5.41, 5.74) is 5.56. The highest BCUT2D eigenvalue weighted by molar-refractivity contribution is 5.92. The Labute approximate surface area is 252 Å². The number of ether oxygens (including phenoxy) is 1. The van der Waals surface area contributed by atoms with Crippen molar-refractivity contribution < 1.29 is 14.3 Å². The number of rotatable bonds is 9. The van der Waals surface area contributed by atoms with Gasteiger partial charge in [0.15, 0.2) is 0 Å². The van der Waals surface area contributed by atoms with E-state index in [2.05, 4.69) is 77.7 Å². The van der Waals surface area contributed by atoms with Gasteiger partial charge in [0.05, 0.1) is 20.2 Å². The summed E-state index contributed by atoms with van der Waals surface area (Å²) >= 11 is 0. The molecule has 0 saturated carbocycles. The number of hydrogen-bond acceptors (Lipinski definition) is 5. The lowest BCUT2D eigenvalue weighted by molar-refractivity contribution is -0.118. The van der Waals surface area contributed by atoms with Gasteiger partial charge in [0, 0.05) is 17.2 Å². The summed E-state index contributed by atoms with van der Waals surface area (Å²) in [5.74, 6) is 1.26. The van der Waals surface area contributed by atoms with Gasteiger partial charge in [-0.15, -0.1) is 13.2 Å². The lowest BCUT2D eigenvalue weighted by Gasteiger charge is -2.22. The van der Waals surface area contributed by atoms with Gasteiger partial charge in [-0.25, -0.2) is 0 Å². The second kappa shape index (κ2) is 17.3. The molecular weight excluding hydrogens is 522 g/mol. The van der Waals surface area contributed by atoms with Crippen molar-refractivity contribution in [2.24, 2.45) is 0 Å². The second-order valence-corrected chi connectivity index (χ2v) is 10.9. The summed E-state index contributed by atoms with van der Waals surface area (Å²) in [5, 5.41) is 3.04. The van der Waals surface area contributed by atoms with Crippen molar-refractivity contribution in [1.29, 1.82) is 0 Å². The number of amides is 1. The van der Waals surface area contributed by atoms with E-state index in [0.29, 0.717) is 13.1 Å². The molecule has 1 atom stereocenters. The Morgan fingerprint density at radius 3 is 1.81 bits per heavy atom. The third-order valence-corrected chi connectivity index (χ3v) is 7.60. The number of likely N-dealkylation sites (tertiary alicyclic amines) is 2. The summed E-state index contributed by atoms with van der Waals surface area (Å²) < 4.78 is 5.67. The molecule has 0 bridgehead atoms. The average molecular weight is 570 g/mol. The van der Waals surface area contributed by atoms with Crippen LogP contribution in [0.4, 0.5) is 5.69 Å². The van der Waals surface area contributed by atoms with Crippen LogP contribution in [-0.4, -0.2) is 67.9 Å². The number of Topliss-reactive ketones (excluding diaryl/α,β-unsaturated/α-hetero) is 1. The van der Waals surface area contributed by atoms with E-state index in [9.17, 15) is 9.59 Å². The van der Waals surface area contributed by atoms with Gasteiger partial charge in [-0.3, -0.25) is 19.4 Å². The Morgan fingerprint density at radius 2 is 1.29 bits per heavy atom. The molecule has 6 heteroatoms. The molecule has 2 saturated heterocycles. The summed E-state index contributed by atoms with van der Waals surface area (Å²) in [7, 11) is 1.71. The molecule has 224 valence electrons. The Hall–Kier alpha value is -3.74. The topological polar surface area (TPSA) is 61.9 Å². The summed E-state index contributed by atoms with van der Waals surface area (Å²) in [6, 6.07) is 25.0. The van der Waals surface area contributed by atoms with Gasteiger partial charge in [-0.05, 0) is 95.0 Å². The van der Waals surface area contributed by atoms with Crippen LogP contribution < -0.4 is 10.1 Å². The lowest BCUT2D eigenvalue weighted by Crippen LogP contribution is -2.30. The predicted octanol–water partition coefficient (Wildman–Crippen LogP) is 6.69. The van der Waals surface area contributed by atoms with Crippen molar-refractivity contribution in [2.45, 2.75) is 45.4 Å². The van der Waals surface area contributed by atoms with E-state index in [1.807, 2.05) is 30.3 Å². The number of nitrogens with zero attached hydrogens (tertiary/aromatic N) is 2. The fourth-order valence-electron chi connectivity index (χ4n) is 5.57. The minimum atomic E-state index is 0.0473. The summed E-state index contributed by atoms with van der Waals surface area (Å²) in [6.07, 6.45) is 4.91. The first kappa shape index (κ1) is 32.8. The number of para-hydroxylation sites is 1. The predicted molar refractivity (Wildman–Crippen MR) is 173 cm³/mol. The maximum atomic E-state index is 12.4. The number of carbonyl (C=O) groups is 2. The van der Waals surface area contributed by atoms with Gasteiger partial charge >= 0.3 is 0 Å². The summed E-state index contributed by atoms with van der Waals surface area (Å²) in [6.45, 7) is 15.2. The minimum Gasteiger partial charge on any atom is -0.496 e. The minimum absolute atomic E-state index is 0.0473. The van der Waals surface area contributed by atoms with Crippen LogP contribution >= 0.6 is 0 Å². The van der Waals surface area contributed by atoms with Gasteiger partial charge in [0.25, 0.3) is 0 Å². The van der Waals surface area contributed by atoms with E-state index in [-0.39, 0.29) is 17.6 Å². The van der Waals surface area contributed by atoms with Gasteiger partial charge in [-0.2, -0.15) is 0 Å². The zero-order valence-corrected chi connectivity index (χ0v) is 25.6. The molecule has 0 aliphatic carbocycles. The number of anilines is 1. The van der Waals surface area contributed by atoms with Crippen molar-refractivity contribution in [3.63, 3.8) is 0 Å². The quantitative estimate of drug-likeness (QED) is 0.230. The highest BCUT2D eigenvalue weighted by atomic mass is 16.5. The largest absolute Gasteiger partial charge is 0.496 e. The lowest BCUT2D eigenvalue weighted by atomic mass is 9.84. The molecule has 2 heterocycles. The zero-order valence-electron chi connectivity index (χ0n) is 25.6. The number of aryl methyl sites for hydroxylation is 1. The molecular formula is C36H47N3O3. The van der Waals surface area contributed by atoms with Crippen LogP contribution in [0.5, 0.6) is 5.75 Å². The Bertz CT molecular complexity index is 1240. The van der Waals surface area contributed by atoms with Crippen LogP contribution in [0.3, 0.4) is 0 Å². The molecule has 3 aromatic rings. The summed E-state index contributed by atoms with van der Waals surface area (Å²) in [4.78, 5) is 27.4. The standard InChI is InChI=1S/C27H30N2O2.C7H13NO.C2H4/c1-20-9-11-21(12-10-20)27(24-7-3-4-8-25(24)31-2)22-13-15-23(16-14-22)28-26(30)19-29-17-5-6-18-29;1-7(9)6-8-4-2-3-5-8;1-2/h3-4,7-16,27H,5-6,17-19H2,1-2H3,(H,28,30);2-6H2,1H3;1-2H2. The molecule has 3 aromatic carbocycles. The number of hydrogen-bond donors (Lipinski definition) is 1. The molecule has 42 heavy (non-hydrogen) atoms. The van der Waals surface area contributed by atoms with E-state index in [0.717, 1.165) is 48.7 Å². The Morgan fingerprint density at radius 1 is 0.786 bits per heavy atom. The SMILES string of the molecule is C=C.CC(=O)CN1CCCC1.COc1ccccc1C(c1ccc(C)cc1)c1ccc(NC(=O)CN2CCCC2)cc1. The van der Waals surface area contributed by atoms with Crippen molar-refractivity contribution in [2.75, 3.05) is 51.7 Å². The number of nitrogens with one attached hydrogen (secondary N) is 1. The van der Waals surface area contributed by atoms with Gasteiger partial charge in [0.2, 0.25) is 5.91 Å². The highest BCUT2D eigenvalue weighted by Gasteiger charge is 2.21. The van der Waals surface area contributed by atoms with Crippen LogP contribution in [0.15, 0.2) is 86.0 Å². The van der Waals surface area contributed by atoms with Gasteiger partial charge < -0.3 is 10.1 Å². The van der Waals surface area contributed by atoms with E-state index in [1.54, 1.807) is 14.0 Å². The normalized spacial score (nSPS) is 15.5. The fraction of sp³-hybridized carbons (Fsp3) is 0.389. The van der Waals surface area contributed by atoms with Crippen molar-refractivity contribution >= 4 is 17.4 Å². The van der Waals surface area contributed by atoms with E-state index in [1.165, 1.54) is 36.8 Å². The molecule has 0 aromatic heterocycles. The van der Waals surface area contributed by atoms with Gasteiger partial charge in [-0.1, -0.05) is 60.2 Å². The first-order valence-corrected chi connectivity index (χ1v) is 15.0. The monoisotopic (exact) mass is 569 g/mol. The van der Waals surface area contributed by atoms with Crippen molar-refractivity contribution in [3.8, 4) is 5.75 Å². The highest BCUT2D eigenvalue weighted by Crippen LogP contribution is 2.37. The van der Waals surface area contributed by atoms with Crippen molar-refractivity contribution in [1.82, 2.24) is 9.80 Å². The smallest absolute Gasteiger partial charge is 0.238 e. The van der Waals surface area contributed by atoms with E-state index >= 15 is 0 Å². The van der Waals surface area contributed by atoms with Crippen LogP contribution in [0.2, 0.25) is 0 Å². The number of benzene rings is 3. The first-order valence-electron chi connectivity index (χ1n) is 15.0. The van der Waals surface area contributed by atoms with Crippen LogP contribution in [0.25, 0.3) is 0 Å². The molecule has 2 fully saturated rings. The molecule has 1 N–H and O–H groups in total. The number of ketones is 1. The molecule has 1 amide bonds. The molecule has 2 aliphatic rings. The van der Waals surface area contributed by atoms with Gasteiger partial charge in [0.1, 0.15) is 11.5 Å². The number of methoxy groups -OCH3 is 1. The Kier molecular flexibility index (Phi) is 13.5. The third kappa shape index (κ3) is 9.97. The fourth-order valence-corrected chi connectivity index (χ4v) is 5.57. The van der Waals surface area contributed by atoms with Crippen LogP contribution in [-0.2, 0) is 9.59 Å². The zero-order chi connectivity index (χ0) is 30.3. The van der Waals surface area contributed by atoms with E-state index < -0.39 is 0 Å². The number of carbonyl (C=O) groups excluding carboxylic acids is 2. The maximum Gasteiger partial charge on any atom is 0.238 e. The average Bonchev–Trinajstić information content (AvgIpc) is 3.71. The van der Waals surface area contributed by atoms with Crippen molar-refractivity contribution in [3.05, 3.63) is 108 Å². The van der Waals surface area contributed by atoms with E-state index in [4.69, 9.17) is 4.74 Å². The molecule has 6 nitrogen and oxygen atoms in total. The molecule has 0 spiro atoms. The third-order valence-electron chi connectivity index (χ3n) is 7.60. The first-order chi connectivity index (χ1) is 20.4. The Balaban J connectivity index is 0.000000373. The molecule has 1 unspecified atom stereocenters. The maximum absolute atomic E-state index is 12.4. The molecule has 0 radical (unpaired) electrons. The molecule has 5 rings (SSSR count). The second-order valence-electron chi connectivity index (χ2n) is 10.9. The molecule has 2 aliphatic heterocycles. The van der Waals surface area contributed by atoms with Crippen LogP contribution in [0.1, 0.15) is 60.8 Å².